The first-order chi connectivity index (χ1) is 14.9. The van der Waals surface area contributed by atoms with Crippen LogP contribution in [0.2, 0.25) is 0 Å². The van der Waals surface area contributed by atoms with E-state index in [1.54, 1.807) is 18.3 Å². The van der Waals surface area contributed by atoms with Crippen LogP contribution in [0, 0.1) is 0 Å². The quantitative estimate of drug-likeness (QED) is 0.500. The lowest BCUT2D eigenvalue weighted by Gasteiger charge is -2.21. The third kappa shape index (κ3) is 5.12. The van der Waals surface area contributed by atoms with Gasteiger partial charge in [-0.05, 0) is 43.2 Å². The highest BCUT2D eigenvalue weighted by molar-refractivity contribution is 6.02. The number of amides is 1. The van der Waals surface area contributed by atoms with Gasteiger partial charge in [0.05, 0.1) is 31.4 Å². The maximum Gasteiger partial charge on any atom is 0.217 e. The number of rotatable bonds is 10. The molecule has 0 spiro atoms. The molecule has 1 aromatic heterocycles. The van der Waals surface area contributed by atoms with Gasteiger partial charge in [0, 0.05) is 24.4 Å². The normalized spacial score (nSPS) is 11.7. The van der Waals surface area contributed by atoms with Gasteiger partial charge in [-0.2, -0.15) is 0 Å². The van der Waals surface area contributed by atoms with Crippen molar-refractivity contribution < 1.29 is 23.8 Å². The van der Waals surface area contributed by atoms with Gasteiger partial charge in [0.15, 0.2) is 17.3 Å². The molecule has 0 bridgehead atoms. The Morgan fingerprint density at radius 2 is 1.81 bits per heavy atom. The van der Waals surface area contributed by atoms with E-state index < -0.39 is 5.91 Å². The Balaban J connectivity index is 1.96. The number of ketones is 1. The molecular formula is C24H26N2O5. The van der Waals surface area contributed by atoms with Crippen molar-refractivity contribution in [1.29, 1.82) is 0 Å². The number of nitrogens with two attached hydrogens (primary N) is 1. The van der Waals surface area contributed by atoms with Gasteiger partial charge in [-0.25, -0.2) is 0 Å². The number of aromatic nitrogens is 1. The van der Waals surface area contributed by atoms with Crippen LogP contribution in [0.4, 0.5) is 0 Å². The number of carbonyl (C=O) groups is 2. The maximum absolute atomic E-state index is 13.3. The number of nitrogens with zero attached hydrogens (tertiary/aromatic N) is 1. The van der Waals surface area contributed by atoms with Crippen molar-refractivity contribution in [3.63, 3.8) is 0 Å². The van der Waals surface area contributed by atoms with Crippen molar-refractivity contribution in [1.82, 2.24) is 4.98 Å². The fourth-order valence-corrected chi connectivity index (χ4v) is 3.42. The smallest absolute Gasteiger partial charge is 0.217 e. The predicted molar refractivity (Wildman–Crippen MR) is 118 cm³/mol. The first-order valence-electron chi connectivity index (χ1n) is 10.00. The summed E-state index contributed by atoms with van der Waals surface area (Å²) in [7, 11) is 3.01. The van der Waals surface area contributed by atoms with E-state index in [1.165, 1.54) is 14.2 Å². The molecule has 1 heterocycles. The summed E-state index contributed by atoms with van der Waals surface area (Å²) in [5.74, 6) is 0.537. The Hall–Kier alpha value is -3.61. The molecule has 0 aliphatic rings. The van der Waals surface area contributed by atoms with Gasteiger partial charge < -0.3 is 19.9 Å². The van der Waals surface area contributed by atoms with Crippen molar-refractivity contribution in [3.8, 4) is 17.2 Å². The summed E-state index contributed by atoms with van der Waals surface area (Å²) >= 11 is 0. The van der Waals surface area contributed by atoms with Crippen LogP contribution in [0.25, 0.3) is 10.9 Å². The summed E-state index contributed by atoms with van der Waals surface area (Å²) in [5.41, 5.74) is 7.33. The molecular weight excluding hydrogens is 396 g/mol. The molecule has 162 valence electrons. The van der Waals surface area contributed by atoms with E-state index >= 15 is 0 Å². The van der Waals surface area contributed by atoms with Crippen LogP contribution >= 0.6 is 0 Å². The Bertz CT molecular complexity index is 1090. The number of primary amides is 1. The first-order valence-corrected chi connectivity index (χ1v) is 10.00. The second kappa shape index (κ2) is 9.93. The lowest BCUT2D eigenvalue weighted by molar-refractivity contribution is -0.118. The summed E-state index contributed by atoms with van der Waals surface area (Å²) in [6.07, 6.45) is 2.10. The Morgan fingerprint density at radius 3 is 2.52 bits per heavy atom. The van der Waals surface area contributed by atoms with Gasteiger partial charge in [-0.15, -0.1) is 0 Å². The molecule has 0 radical (unpaired) electrons. The number of benzene rings is 2. The molecule has 0 aliphatic heterocycles. The van der Waals surface area contributed by atoms with Crippen LogP contribution in [0.15, 0.2) is 48.7 Å². The molecule has 3 aromatic rings. The number of hydrogen-bond acceptors (Lipinski definition) is 6. The first kappa shape index (κ1) is 22.1. The van der Waals surface area contributed by atoms with Gasteiger partial charge in [0.2, 0.25) is 11.7 Å². The molecule has 2 aromatic carbocycles. The Morgan fingerprint density at radius 1 is 1.03 bits per heavy atom. The topological polar surface area (TPSA) is 101 Å². The highest BCUT2D eigenvalue weighted by Crippen LogP contribution is 2.41. The van der Waals surface area contributed by atoms with Crippen molar-refractivity contribution in [2.75, 3.05) is 14.2 Å². The molecule has 0 aliphatic carbocycles. The fourth-order valence-electron chi connectivity index (χ4n) is 3.42. The number of ether oxygens (including phenoxy) is 3. The molecule has 31 heavy (non-hydrogen) atoms. The number of pyridine rings is 1. The van der Waals surface area contributed by atoms with Crippen LogP contribution in [0.5, 0.6) is 17.2 Å². The molecule has 3 rings (SSSR count). The Labute approximate surface area is 181 Å². The van der Waals surface area contributed by atoms with E-state index in [4.69, 9.17) is 19.9 Å². The van der Waals surface area contributed by atoms with Gasteiger partial charge in [0.1, 0.15) is 0 Å². The largest absolute Gasteiger partial charge is 0.493 e. The number of fused-ring (bicyclic) bond motifs is 1. The number of Topliss-reactive ketones (excluding diaryl/α,β-unsaturated/α-hetero) is 1. The summed E-state index contributed by atoms with van der Waals surface area (Å²) in [6, 6.07) is 12.9. The zero-order valence-electron chi connectivity index (χ0n) is 17.9. The fraction of sp³-hybridized carbons (Fsp3) is 0.292. The van der Waals surface area contributed by atoms with Crippen LogP contribution < -0.4 is 19.9 Å². The zero-order valence-corrected chi connectivity index (χ0v) is 17.9. The third-order valence-corrected chi connectivity index (χ3v) is 5.01. The van der Waals surface area contributed by atoms with Crippen LogP contribution in [0.1, 0.15) is 35.7 Å². The molecule has 7 heteroatoms. The molecule has 0 saturated carbocycles. The summed E-state index contributed by atoms with van der Waals surface area (Å²) in [6.45, 7) is 1.81. The van der Waals surface area contributed by atoms with Crippen molar-refractivity contribution in [2.45, 2.75) is 32.3 Å². The van der Waals surface area contributed by atoms with E-state index in [9.17, 15) is 9.59 Å². The monoisotopic (exact) mass is 422 g/mol. The van der Waals surface area contributed by atoms with E-state index in [-0.39, 0.29) is 24.7 Å². The Kier molecular flexibility index (Phi) is 7.07. The SMILES string of the molecule is COc1ccc(C(=O)Cc2ccnc3ccccc23)c(OC(C)CCC(N)=O)c1OC. The van der Waals surface area contributed by atoms with Crippen LogP contribution in [-0.4, -0.2) is 37.0 Å². The molecule has 1 atom stereocenters. The lowest BCUT2D eigenvalue weighted by atomic mass is 9.99. The number of methoxy groups -OCH3 is 2. The number of carbonyl (C=O) groups excluding carboxylic acids is 2. The van der Waals surface area contributed by atoms with Gasteiger partial charge in [-0.1, -0.05) is 18.2 Å². The van der Waals surface area contributed by atoms with Gasteiger partial charge in [-0.3, -0.25) is 14.6 Å². The second-order valence-corrected chi connectivity index (χ2v) is 7.20. The van der Waals surface area contributed by atoms with Gasteiger partial charge in [0.25, 0.3) is 0 Å². The average molecular weight is 422 g/mol. The average Bonchev–Trinajstić information content (AvgIpc) is 2.77. The summed E-state index contributed by atoms with van der Waals surface area (Å²) in [4.78, 5) is 28.8. The van der Waals surface area contributed by atoms with Crippen molar-refractivity contribution >= 4 is 22.6 Å². The third-order valence-electron chi connectivity index (χ3n) is 5.01. The maximum atomic E-state index is 13.3. The highest BCUT2D eigenvalue weighted by atomic mass is 16.5. The van der Waals surface area contributed by atoms with Crippen molar-refractivity contribution in [3.05, 3.63) is 59.8 Å². The van der Waals surface area contributed by atoms with Gasteiger partial charge >= 0.3 is 0 Å². The minimum atomic E-state index is -0.408. The highest BCUT2D eigenvalue weighted by Gasteiger charge is 2.23. The summed E-state index contributed by atoms with van der Waals surface area (Å²) in [5, 5.41) is 0.927. The van der Waals surface area contributed by atoms with Crippen LogP contribution in [0.3, 0.4) is 0 Å². The molecule has 1 unspecified atom stereocenters. The molecule has 2 N–H and O–H groups in total. The minimum Gasteiger partial charge on any atom is -0.493 e. The molecule has 1 amide bonds. The van der Waals surface area contributed by atoms with E-state index in [1.807, 2.05) is 37.3 Å². The molecule has 0 fully saturated rings. The van der Waals surface area contributed by atoms with E-state index in [0.29, 0.717) is 29.2 Å². The standard InChI is InChI=1S/C24H26N2O5/c1-15(8-11-22(25)28)31-23-18(9-10-21(29-2)24(23)30-3)20(27)14-16-12-13-26-19-7-5-4-6-17(16)19/h4-7,9-10,12-13,15H,8,11,14H2,1-3H3,(H2,25,28). The molecule has 0 saturated heterocycles. The minimum absolute atomic E-state index is 0.130. The predicted octanol–water partition coefficient (Wildman–Crippen LogP) is 3.71. The van der Waals surface area contributed by atoms with E-state index in [2.05, 4.69) is 4.98 Å². The summed E-state index contributed by atoms with van der Waals surface area (Å²) < 4.78 is 16.9. The zero-order chi connectivity index (χ0) is 22.4. The number of para-hydroxylation sites is 1. The second-order valence-electron chi connectivity index (χ2n) is 7.20. The lowest BCUT2D eigenvalue weighted by Crippen LogP contribution is -2.19. The molecule has 7 nitrogen and oxygen atoms in total. The van der Waals surface area contributed by atoms with Crippen molar-refractivity contribution in [2.24, 2.45) is 5.73 Å². The van der Waals surface area contributed by atoms with Crippen LogP contribution in [-0.2, 0) is 11.2 Å². The number of hydrogen-bond donors (Lipinski definition) is 1. The van der Waals surface area contributed by atoms with E-state index in [0.717, 1.165) is 16.5 Å².